The Hall–Kier alpha value is 0.540. The van der Waals surface area contributed by atoms with E-state index in [1.165, 1.54) is 44.9 Å². The largest absolute Gasteiger partial charge is 0.395 e. The predicted molar refractivity (Wildman–Crippen MR) is 106 cm³/mol. The highest BCUT2D eigenvalue weighted by Crippen LogP contribution is 2.31. The average molecular weight is 367 g/mol. The lowest BCUT2D eigenvalue weighted by Crippen LogP contribution is -2.32. The quantitative estimate of drug-likeness (QED) is 0.327. The summed E-state index contributed by atoms with van der Waals surface area (Å²) in [6.07, 6.45) is 11.3. The number of aliphatic hydroxyl groups excluding tert-OH is 1. The maximum atomic E-state index is 9.12. The van der Waals surface area contributed by atoms with Gasteiger partial charge in [0.2, 0.25) is 0 Å². The van der Waals surface area contributed by atoms with Crippen LogP contribution in [0.3, 0.4) is 0 Å². The molecule has 23 heavy (non-hydrogen) atoms. The minimum absolute atomic E-state index is 0.0498. The first-order valence-electron chi connectivity index (χ1n) is 9.62. The summed E-state index contributed by atoms with van der Waals surface area (Å²) in [6, 6.07) is 0. The van der Waals surface area contributed by atoms with Crippen LogP contribution in [0, 0.1) is 17.8 Å². The summed E-state index contributed by atoms with van der Waals surface area (Å²) in [5, 5.41) is 8.77. The lowest BCUT2D eigenvalue weighted by atomic mass is 9.90. The maximum absolute atomic E-state index is 9.12. The molecule has 0 saturated heterocycles. The molecule has 4 unspecified atom stereocenters. The molecular weight excluding hydrogens is 327 g/mol. The number of aliphatic hydroxyl groups is 1. The van der Waals surface area contributed by atoms with Crippen molar-refractivity contribution < 1.29 is 5.11 Å². The second-order valence-electron chi connectivity index (χ2n) is 8.29. The van der Waals surface area contributed by atoms with Gasteiger partial charge in [-0.25, -0.2) is 0 Å². The first-order chi connectivity index (χ1) is 10.7. The molecule has 4 atom stereocenters. The normalized spacial score (nSPS) is 18.7. The minimum Gasteiger partial charge on any atom is -0.395 e. The zero-order chi connectivity index (χ0) is 17.9. The Balaban J connectivity index is 3.69. The molecule has 0 aromatic rings. The third kappa shape index (κ3) is 12.5. The first-order valence-corrected chi connectivity index (χ1v) is 10.4. The summed E-state index contributed by atoms with van der Waals surface area (Å²) in [7, 11) is 0. The molecule has 0 aliphatic carbocycles. The van der Waals surface area contributed by atoms with Gasteiger partial charge in [0, 0.05) is 0 Å². The van der Waals surface area contributed by atoms with Gasteiger partial charge in [-0.15, -0.1) is 23.2 Å². The van der Waals surface area contributed by atoms with Crippen LogP contribution in [0.4, 0.5) is 0 Å². The molecule has 1 nitrogen and oxygen atoms in total. The molecule has 140 valence electrons. The lowest BCUT2D eigenvalue weighted by molar-refractivity contribution is 0.268. The Morgan fingerprint density at radius 2 is 1.26 bits per heavy atom. The molecule has 0 fully saturated rings. The minimum atomic E-state index is -0.485. The van der Waals surface area contributed by atoms with Crippen LogP contribution in [-0.4, -0.2) is 22.0 Å². The van der Waals surface area contributed by atoms with Gasteiger partial charge in [-0.05, 0) is 31.1 Å². The van der Waals surface area contributed by atoms with Gasteiger partial charge >= 0.3 is 0 Å². The van der Waals surface area contributed by atoms with Gasteiger partial charge < -0.3 is 5.11 Å². The molecule has 0 aliphatic heterocycles. The SMILES string of the molecule is CC(C)CCCC(C)CCCC(C)CCCC(C)(Cl)C(Cl)CO. The third-order valence-corrected chi connectivity index (χ3v) is 6.23. The van der Waals surface area contributed by atoms with Gasteiger partial charge in [0.15, 0.2) is 0 Å². The topological polar surface area (TPSA) is 20.2 Å². The van der Waals surface area contributed by atoms with Crippen LogP contribution in [0.25, 0.3) is 0 Å². The lowest BCUT2D eigenvalue weighted by Gasteiger charge is -2.26. The Kier molecular flexibility index (Phi) is 13.1. The van der Waals surface area contributed by atoms with Crippen molar-refractivity contribution in [2.45, 2.75) is 103 Å². The van der Waals surface area contributed by atoms with Crippen LogP contribution >= 0.6 is 23.2 Å². The average Bonchev–Trinajstić information content (AvgIpc) is 2.45. The number of alkyl halides is 2. The molecule has 1 N–H and O–H groups in total. The van der Waals surface area contributed by atoms with Gasteiger partial charge in [0.05, 0.1) is 16.9 Å². The Morgan fingerprint density at radius 1 is 0.826 bits per heavy atom. The van der Waals surface area contributed by atoms with Crippen molar-refractivity contribution in [1.82, 2.24) is 0 Å². The van der Waals surface area contributed by atoms with Crippen molar-refractivity contribution in [3.63, 3.8) is 0 Å². The smallest absolute Gasteiger partial charge is 0.0755 e. The summed E-state index contributed by atoms with van der Waals surface area (Å²) >= 11 is 12.5. The van der Waals surface area contributed by atoms with Gasteiger partial charge in [0.25, 0.3) is 0 Å². The summed E-state index contributed by atoms with van der Waals surface area (Å²) < 4.78 is 0. The van der Waals surface area contributed by atoms with Crippen molar-refractivity contribution >= 4 is 23.2 Å². The van der Waals surface area contributed by atoms with Crippen molar-refractivity contribution in [3.8, 4) is 0 Å². The summed E-state index contributed by atoms with van der Waals surface area (Å²) in [6.45, 7) is 11.3. The molecule has 0 aromatic carbocycles. The zero-order valence-electron chi connectivity index (χ0n) is 16.1. The molecule has 0 saturated carbocycles. The molecule has 0 aliphatic rings. The predicted octanol–water partition coefficient (Wildman–Crippen LogP) is 7.02. The molecule has 0 heterocycles. The van der Waals surface area contributed by atoms with E-state index >= 15 is 0 Å². The van der Waals surface area contributed by atoms with E-state index in [2.05, 4.69) is 27.7 Å². The van der Waals surface area contributed by atoms with E-state index in [0.717, 1.165) is 30.6 Å². The first kappa shape index (κ1) is 23.5. The van der Waals surface area contributed by atoms with Crippen LogP contribution in [0.1, 0.15) is 92.4 Å². The highest BCUT2D eigenvalue weighted by atomic mass is 35.5. The van der Waals surface area contributed by atoms with Crippen LogP contribution in [0.5, 0.6) is 0 Å². The fraction of sp³-hybridized carbons (Fsp3) is 1.00. The van der Waals surface area contributed by atoms with Gasteiger partial charge in [-0.1, -0.05) is 79.1 Å². The summed E-state index contributed by atoms with van der Waals surface area (Å²) in [5.41, 5.74) is 0. The van der Waals surface area contributed by atoms with E-state index in [-0.39, 0.29) is 12.0 Å². The van der Waals surface area contributed by atoms with E-state index < -0.39 is 4.87 Å². The standard InChI is InChI=1S/C20H40Cl2O/c1-16(2)9-6-10-17(3)11-7-12-18(4)13-8-14-20(5,22)19(21)15-23/h16-19,23H,6-15H2,1-5H3. The highest BCUT2D eigenvalue weighted by Gasteiger charge is 2.29. The molecule has 0 bridgehead atoms. The number of rotatable bonds is 14. The maximum Gasteiger partial charge on any atom is 0.0755 e. The second kappa shape index (κ2) is 12.8. The number of halogens is 2. The molecular formula is C20H40Cl2O. The van der Waals surface area contributed by atoms with Crippen molar-refractivity contribution in [1.29, 1.82) is 0 Å². The van der Waals surface area contributed by atoms with Gasteiger partial charge in [0.1, 0.15) is 0 Å². The van der Waals surface area contributed by atoms with Crippen molar-refractivity contribution in [2.24, 2.45) is 17.8 Å². The molecule has 0 spiro atoms. The van der Waals surface area contributed by atoms with E-state index in [1.807, 2.05) is 6.92 Å². The van der Waals surface area contributed by atoms with Crippen molar-refractivity contribution in [3.05, 3.63) is 0 Å². The number of hydrogen-bond donors (Lipinski definition) is 1. The van der Waals surface area contributed by atoms with Crippen LogP contribution in [0.2, 0.25) is 0 Å². The van der Waals surface area contributed by atoms with E-state index in [1.54, 1.807) is 0 Å². The Labute approximate surface area is 155 Å². The van der Waals surface area contributed by atoms with Crippen LogP contribution < -0.4 is 0 Å². The molecule has 0 aromatic heterocycles. The molecule has 0 radical (unpaired) electrons. The fourth-order valence-corrected chi connectivity index (χ4v) is 3.43. The summed E-state index contributed by atoms with van der Waals surface area (Å²) in [5.74, 6) is 2.47. The van der Waals surface area contributed by atoms with Gasteiger partial charge in [-0.3, -0.25) is 0 Å². The van der Waals surface area contributed by atoms with E-state index in [0.29, 0.717) is 0 Å². The fourth-order valence-electron chi connectivity index (χ4n) is 3.12. The highest BCUT2D eigenvalue weighted by molar-refractivity contribution is 6.32. The third-order valence-electron chi connectivity index (χ3n) is 5.05. The Bertz CT molecular complexity index is 279. The van der Waals surface area contributed by atoms with Crippen LogP contribution in [0.15, 0.2) is 0 Å². The number of hydrogen-bond acceptors (Lipinski definition) is 1. The Morgan fingerprint density at radius 3 is 1.70 bits per heavy atom. The van der Waals surface area contributed by atoms with E-state index in [9.17, 15) is 0 Å². The zero-order valence-corrected chi connectivity index (χ0v) is 17.6. The van der Waals surface area contributed by atoms with Gasteiger partial charge in [-0.2, -0.15) is 0 Å². The summed E-state index contributed by atoms with van der Waals surface area (Å²) in [4.78, 5) is -0.485. The monoisotopic (exact) mass is 366 g/mol. The van der Waals surface area contributed by atoms with E-state index in [4.69, 9.17) is 28.3 Å². The van der Waals surface area contributed by atoms with Crippen molar-refractivity contribution in [2.75, 3.05) is 6.61 Å². The van der Waals surface area contributed by atoms with Crippen LogP contribution in [-0.2, 0) is 0 Å². The second-order valence-corrected chi connectivity index (χ2v) is 9.68. The molecule has 0 amide bonds. The molecule has 3 heteroatoms. The molecule has 0 rings (SSSR count).